The molecule has 3 aromatic carbocycles. The first-order valence-corrected chi connectivity index (χ1v) is 12.4. The van der Waals surface area contributed by atoms with E-state index in [1.807, 2.05) is 98.8 Å². The summed E-state index contributed by atoms with van der Waals surface area (Å²) in [5.41, 5.74) is 5.74. The number of benzene rings is 3. The highest BCUT2D eigenvalue weighted by molar-refractivity contribution is 9.10. The standard InChI is InChI=1S/C28H22BrN3OS/c1-18-8-14-23(15-9-18)31-27(33)19(2)34-28-25(17-30)24(20-6-4-3-5-7-20)16-26(32-28)21-10-12-22(29)13-11-21/h3-16,19H,1-2H3,(H,31,33). The van der Waals surface area contributed by atoms with Crippen molar-refractivity contribution in [2.45, 2.75) is 24.1 Å². The molecule has 168 valence electrons. The quantitative estimate of drug-likeness (QED) is 0.264. The van der Waals surface area contributed by atoms with Crippen LogP contribution in [0.25, 0.3) is 22.4 Å². The van der Waals surface area contributed by atoms with E-state index in [-0.39, 0.29) is 5.91 Å². The Morgan fingerprint density at radius 2 is 1.68 bits per heavy atom. The van der Waals surface area contributed by atoms with Gasteiger partial charge in [-0.2, -0.15) is 5.26 Å². The van der Waals surface area contributed by atoms with E-state index in [4.69, 9.17) is 4.98 Å². The Balaban J connectivity index is 1.72. The monoisotopic (exact) mass is 527 g/mol. The van der Waals surface area contributed by atoms with Crippen LogP contribution in [0.3, 0.4) is 0 Å². The maximum atomic E-state index is 12.9. The minimum absolute atomic E-state index is 0.144. The maximum absolute atomic E-state index is 12.9. The van der Waals surface area contributed by atoms with Crippen molar-refractivity contribution in [2.24, 2.45) is 0 Å². The fraction of sp³-hybridized carbons (Fsp3) is 0.107. The van der Waals surface area contributed by atoms with Gasteiger partial charge >= 0.3 is 0 Å². The van der Waals surface area contributed by atoms with E-state index in [2.05, 4.69) is 27.3 Å². The molecule has 1 unspecified atom stereocenters. The molecule has 1 heterocycles. The van der Waals surface area contributed by atoms with Gasteiger partial charge in [0.1, 0.15) is 11.1 Å². The molecule has 1 amide bonds. The van der Waals surface area contributed by atoms with E-state index in [0.717, 1.165) is 38.1 Å². The number of rotatable bonds is 6. The number of nitriles is 1. The summed E-state index contributed by atoms with van der Waals surface area (Å²) in [5.74, 6) is -0.144. The number of hydrogen-bond donors (Lipinski definition) is 1. The number of anilines is 1. The number of aryl methyl sites for hydroxylation is 1. The lowest BCUT2D eigenvalue weighted by Gasteiger charge is -2.16. The van der Waals surface area contributed by atoms with Crippen LogP contribution in [-0.4, -0.2) is 16.1 Å². The summed E-state index contributed by atoms with van der Waals surface area (Å²) in [6.45, 7) is 3.83. The van der Waals surface area contributed by atoms with Gasteiger partial charge in [0.15, 0.2) is 0 Å². The lowest BCUT2D eigenvalue weighted by Crippen LogP contribution is -2.22. The van der Waals surface area contributed by atoms with Gasteiger partial charge in [0.05, 0.1) is 16.5 Å². The van der Waals surface area contributed by atoms with Gasteiger partial charge in [-0.1, -0.05) is 87.9 Å². The van der Waals surface area contributed by atoms with Crippen LogP contribution in [0.15, 0.2) is 94.4 Å². The molecule has 4 nitrogen and oxygen atoms in total. The van der Waals surface area contributed by atoms with Crippen LogP contribution in [0.4, 0.5) is 5.69 Å². The summed E-state index contributed by atoms with van der Waals surface area (Å²) in [4.78, 5) is 17.7. The molecule has 4 rings (SSSR count). The van der Waals surface area contributed by atoms with Crippen LogP contribution < -0.4 is 5.32 Å². The average Bonchev–Trinajstić information content (AvgIpc) is 2.86. The Bertz CT molecular complexity index is 1350. The molecule has 1 aromatic heterocycles. The van der Waals surface area contributed by atoms with Crippen molar-refractivity contribution in [3.05, 3.63) is 101 Å². The van der Waals surface area contributed by atoms with Gasteiger partial charge in [0.25, 0.3) is 0 Å². The summed E-state index contributed by atoms with van der Waals surface area (Å²) in [6.07, 6.45) is 0. The number of aromatic nitrogens is 1. The molecule has 0 aliphatic carbocycles. The van der Waals surface area contributed by atoms with Gasteiger partial charge in [-0.15, -0.1) is 0 Å². The highest BCUT2D eigenvalue weighted by Crippen LogP contribution is 2.36. The number of carbonyl (C=O) groups is 1. The number of carbonyl (C=O) groups excluding carboxylic acids is 1. The number of thioether (sulfide) groups is 1. The summed E-state index contributed by atoms with van der Waals surface area (Å²) < 4.78 is 0.976. The van der Waals surface area contributed by atoms with E-state index in [1.165, 1.54) is 11.8 Å². The SMILES string of the molecule is Cc1ccc(NC(=O)C(C)Sc2nc(-c3ccc(Br)cc3)cc(-c3ccccc3)c2C#N)cc1. The molecule has 0 aliphatic rings. The minimum atomic E-state index is -0.454. The first-order valence-electron chi connectivity index (χ1n) is 10.8. The summed E-state index contributed by atoms with van der Waals surface area (Å²) in [7, 11) is 0. The van der Waals surface area contributed by atoms with Crippen molar-refractivity contribution < 1.29 is 4.79 Å². The van der Waals surface area contributed by atoms with Crippen molar-refractivity contribution in [3.8, 4) is 28.5 Å². The van der Waals surface area contributed by atoms with Crippen molar-refractivity contribution in [1.29, 1.82) is 5.26 Å². The fourth-order valence-electron chi connectivity index (χ4n) is 3.43. The smallest absolute Gasteiger partial charge is 0.237 e. The number of halogens is 1. The number of pyridine rings is 1. The minimum Gasteiger partial charge on any atom is -0.325 e. The average molecular weight is 528 g/mol. The van der Waals surface area contributed by atoms with Gasteiger partial charge < -0.3 is 5.32 Å². The zero-order chi connectivity index (χ0) is 24.1. The Labute approximate surface area is 212 Å². The molecule has 0 fully saturated rings. The molecule has 4 aromatic rings. The third kappa shape index (κ3) is 5.56. The highest BCUT2D eigenvalue weighted by atomic mass is 79.9. The fourth-order valence-corrected chi connectivity index (χ4v) is 4.62. The zero-order valence-electron chi connectivity index (χ0n) is 18.7. The Kier molecular flexibility index (Phi) is 7.46. The number of nitrogens with zero attached hydrogens (tertiary/aromatic N) is 2. The molecule has 1 N–H and O–H groups in total. The second-order valence-electron chi connectivity index (χ2n) is 7.84. The molecule has 0 spiro atoms. The molecule has 0 saturated heterocycles. The van der Waals surface area contributed by atoms with Gasteiger partial charge in [0, 0.05) is 21.3 Å². The predicted molar refractivity (Wildman–Crippen MR) is 143 cm³/mol. The number of hydrogen-bond acceptors (Lipinski definition) is 4. The van der Waals surface area contributed by atoms with Crippen LogP contribution in [0, 0.1) is 18.3 Å². The lowest BCUT2D eigenvalue weighted by molar-refractivity contribution is -0.115. The molecule has 0 bridgehead atoms. The van der Waals surface area contributed by atoms with Crippen molar-refractivity contribution in [1.82, 2.24) is 4.98 Å². The Morgan fingerprint density at radius 1 is 1.00 bits per heavy atom. The molecule has 1 atom stereocenters. The van der Waals surface area contributed by atoms with E-state index < -0.39 is 5.25 Å². The van der Waals surface area contributed by atoms with Crippen molar-refractivity contribution in [2.75, 3.05) is 5.32 Å². The first-order chi connectivity index (χ1) is 16.4. The summed E-state index contributed by atoms with van der Waals surface area (Å²) in [6, 6.07) is 29.6. The van der Waals surface area contributed by atoms with Gasteiger partial charge in [-0.05, 0) is 49.7 Å². The van der Waals surface area contributed by atoms with Crippen LogP contribution in [0.5, 0.6) is 0 Å². The lowest BCUT2D eigenvalue weighted by atomic mass is 9.99. The normalized spacial score (nSPS) is 11.5. The van der Waals surface area contributed by atoms with Crippen LogP contribution in [0.1, 0.15) is 18.1 Å². The van der Waals surface area contributed by atoms with Gasteiger partial charge in [0.2, 0.25) is 5.91 Å². The largest absolute Gasteiger partial charge is 0.325 e. The van der Waals surface area contributed by atoms with E-state index in [1.54, 1.807) is 0 Å². The molecule has 0 saturated carbocycles. The van der Waals surface area contributed by atoms with Gasteiger partial charge in [-0.3, -0.25) is 4.79 Å². The van der Waals surface area contributed by atoms with Crippen molar-refractivity contribution >= 4 is 39.3 Å². The van der Waals surface area contributed by atoms with Crippen LogP contribution >= 0.6 is 27.7 Å². The predicted octanol–water partition coefficient (Wildman–Crippen LogP) is 7.48. The molecule has 6 heteroatoms. The molecular weight excluding hydrogens is 506 g/mol. The number of nitrogens with one attached hydrogen (secondary N) is 1. The zero-order valence-corrected chi connectivity index (χ0v) is 21.2. The van der Waals surface area contributed by atoms with Crippen LogP contribution in [0.2, 0.25) is 0 Å². The topological polar surface area (TPSA) is 65.8 Å². The van der Waals surface area contributed by atoms with E-state index in [9.17, 15) is 10.1 Å². The Hall–Kier alpha value is -3.40. The number of amides is 1. The van der Waals surface area contributed by atoms with E-state index in [0.29, 0.717) is 10.6 Å². The molecule has 0 radical (unpaired) electrons. The Morgan fingerprint density at radius 3 is 2.32 bits per heavy atom. The van der Waals surface area contributed by atoms with Crippen LogP contribution in [-0.2, 0) is 4.79 Å². The summed E-state index contributed by atoms with van der Waals surface area (Å²) in [5, 5.41) is 13.1. The second-order valence-corrected chi connectivity index (χ2v) is 10.1. The highest BCUT2D eigenvalue weighted by Gasteiger charge is 2.21. The second kappa shape index (κ2) is 10.7. The van der Waals surface area contributed by atoms with Crippen molar-refractivity contribution in [3.63, 3.8) is 0 Å². The summed E-state index contributed by atoms with van der Waals surface area (Å²) >= 11 is 4.77. The molecule has 0 aliphatic heterocycles. The third-order valence-electron chi connectivity index (χ3n) is 5.30. The third-order valence-corrected chi connectivity index (χ3v) is 6.91. The van der Waals surface area contributed by atoms with E-state index >= 15 is 0 Å². The first kappa shape index (κ1) is 23.7. The van der Waals surface area contributed by atoms with Gasteiger partial charge in [-0.25, -0.2) is 4.98 Å². The molecular formula is C28H22BrN3OS. The molecule has 34 heavy (non-hydrogen) atoms. The maximum Gasteiger partial charge on any atom is 0.237 e.